The van der Waals surface area contributed by atoms with Crippen molar-refractivity contribution in [3.63, 3.8) is 0 Å². The molecule has 0 unspecified atom stereocenters. The number of nitrogens with zero attached hydrogens (tertiary/aromatic N) is 3. The van der Waals surface area contributed by atoms with Gasteiger partial charge in [0.15, 0.2) is 6.19 Å². The van der Waals surface area contributed by atoms with Crippen molar-refractivity contribution in [3.8, 4) is 6.19 Å². The molecule has 0 saturated carbocycles. The van der Waals surface area contributed by atoms with Crippen LogP contribution in [0.2, 0.25) is 10.0 Å². The Hall–Kier alpha value is -2.09. The van der Waals surface area contributed by atoms with Crippen molar-refractivity contribution in [2.24, 2.45) is 4.99 Å². The summed E-state index contributed by atoms with van der Waals surface area (Å²) in [6.07, 6.45) is 5.86. The molecule has 1 aromatic heterocycles. The van der Waals surface area contributed by atoms with Crippen LogP contribution in [0.5, 0.6) is 0 Å². The van der Waals surface area contributed by atoms with Crippen LogP contribution in [0.4, 0.5) is 0 Å². The zero-order chi connectivity index (χ0) is 15.1. The zero-order valence-electron chi connectivity index (χ0n) is 11.1. The van der Waals surface area contributed by atoms with E-state index in [4.69, 9.17) is 28.5 Å². The third kappa shape index (κ3) is 4.45. The number of nitrogens with one attached hydrogen (secondary N) is 1. The number of halogens is 2. The van der Waals surface area contributed by atoms with Gasteiger partial charge in [-0.3, -0.25) is 15.3 Å². The number of benzene rings is 1. The van der Waals surface area contributed by atoms with Crippen molar-refractivity contribution in [2.45, 2.75) is 6.42 Å². The van der Waals surface area contributed by atoms with Crippen LogP contribution in [-0.2, 0) is 6.42 Å². The lowest BCUT2D eigenvalue weighted by atomic mass is 10.1. The van der Waals surface area contributed by atoms with Crippen LogP contribution in [0.25, 0.3) is 0 Å². The Labute approximate surface area is 133 Å². The topological polar surface area (TPSA) is 61.1 Å². The molecule has 0 spiro atoms. The molecule has 1 N–H and O–H groups in total. The SMILES string of the molecule is N#CNC(=NCCc1ccc(Cl)cc1Cl)c1cccnc1. The van der Waals surface area contributed by atoms with E-state index in [0.717, 1.165) is 11.1 Å². The van der Waals surface area contributed by atoms with Crippen molar-refractivity contribution in [1.29, 1.82) is 5.26 Å². The maximum Gasteiger partial charge on any atom is 0.182 e. The van der Waals surface area contributed by atoms with E-state index >= 15 is 0 Å². The van der Waals surface area contributed by atoms with E-state index in [9.17, 15) is 0 Å². The number of amidine groups is 1. The van der Waals surface area contributed by atoms with Gasteiger partial charge in [-0.2, -0.15) is 5.26 Å². The minimum atomic E-state index is 0.496. The van der Waals surface area contributed by atoms with Crippen LogP contribution in [0.15, 0.2) is 47.7 Å². The highest BCUT2D eigenvalue weighted by atomic mass is 35.5. The largest absolute Gasteiger partial charge is 0.277 e. The first-order valence-electron chi connectivity index (χ1n) is 6.24. The van der Waals surface area contributed by atoms with Gasteiger partial charge in [0.05, 0.1) is 0 Å². The van der Waals surface area contributed by atoms with Crippen LogP contribution in [-0.4, -0.2) is 17.4 Å². The molecule has 1 heterocycles. The van der Waals surface area contributed by atoms with Gasteiger partial charge in [0.25, 0.3) is 0 Å². The van der Waals surface area contributed by atoms with E-state index in [1.807, 2.05) is 18.3 Å². The summed E-state index contributed by atoms with van der Waals surface area (Å²) in [5, 5.41) is 12.6. The monoisotopic (exact) mass is 318 g/mol. The molecule has 106 valence electrons. The third-order valence-electron chi connectivity index (χ3n) is 2.78. The predicted octanol–water partition coefficient (Wildman–Crippen LogP) is 3.45. The fourth-order valence-electron chi connectivity index (χ4n) is 1.77. The molecule has 0 fully saturated rings. The summed E-state index contributed by atoms with van der Waals surface area (Å²) in [5.74, 6) is 0.496. The number of pyridine rings is 1. The van der Waals surface area contributed by atoms with Gasteiger partial charge in [0.2, 0.25) is 0 Å². The van der Waals surface area contributed by atoms with E-state index in [-0.39, 0.29) is 0 Å². The first-order chi connectivity index (χ1) is 10.2. The molecule has 0 aliphatic heterocycles. The lowest BCUT2D eigenvalue weighted by Crippen LogP contribution is -2.20. The summed E-state index contributed by atoms with van der Waals surface area (Å²) < 4.78 is 0. The van der Waals surface area contributed by atoms with Gasteiger partial charge in [-0.05, 0) is 36.2 Å². The minimum absolute atomic E-state index is 0.496. The van der Waals surface area contributed by atoms with Crippen LogP contribution in [0.3, 0.4) is 0 Å². The summed E-state index contributed by atoms with van der Waals surface area (Å²) in [6, 6.07) is 9.01. The molecule has 0 aliphatic carbocycles. The Bertz CT molecular complexity index is 678. The molecule has 6 heteroatoms. The molecular formula is C15H12Cl2N4. The minimum Gasteiger partial charge on any atom is -0.277 e. The maximum atomic E-state index is 8.79. The lowest BCUT2D eigenvalue weighted by molar-refractivity contribution is 0.958. The first kappa shape index (κ1) is 15.3. The summed E-state index contributed by atoms with van der Waals surface area (Å²) in [5.41, 5.74) is 1.73. The Morgan fingerprint density at radius 2 is 2.19 bits per heavy atom. The summed E-state index contributed by atoms with van der Waals surface area (Å²) in [4.78, 5) is 8.41. The van der Waals surface area contributed by atoms with Crippen LogP contribution in [0.1, 0.15) is 11.1 Å². The van der Waals surface area contributed by atoms with Gasteiger partial charge in [-0.25, -0.2) is 0 Å². The highest BCUT2D eigenvalue weighted by Gasteiger charge is 2.04. The molecule has 2 aromatic rings. The van der Waals surface area contributed by atoms with E-state index < -0.39 is 0 Å². The number of nitriles is 1. The van der Waals surface area contributed by atoms with Gasteiger partial charge in [0.1, 0.15) is 5.84 Å². The van der Waals surface area contributed by atoms with E-state index in [0.29, 0.717) is 28.8 Å². The van der Waals surface area contributed by atoms with Crippen molar-refractivity contribution < 1.29 is 0 Å². The second-order valence-corrected chi connectivity index (χ2v) is 5.04. The molecule has 0 aliphatic rings. The van der Waals surface area contributed by atoms with E-state index in [2.05, 4.69) is 15.3 Å². The number of aliphatic imine (C=N–C) groups is 1. The maximum absolute atomic E-state index is 8.79. The van der Waals surface area contributed by atoms with E-state index in [1.54, 1.807) is 30.6 Å². The Morgan fingerprint density at radius 1 is 1.33 bits per heavy atom. The molecule has 2 rings (SSSR count). The van der Waals surface area contributed by atoms with Gasteiger partial charge >= 0.3 is 0 Å². The summed E-state index contributed by atoms with van der Waals surface area (Å²) >= 11 is 12.0. The molecule has 0 bridgehead atoms. The fraction of sp³-hybridized carbons (Fsp3) is 0.133. The van der Waals surface area contributed by atoms with Gasteiger partial charge in [-0.1, -0.05) is 29.3 Å². The van der Waals surface area contributed by atoms with Crippen LogP contribution < -0.4 is 5.32 Å². The fourth-order valence-corrected chi connectivity index (χ4v) is 2.27. The highest BCUT2D eigenvalue weighted by Crippen LogP contribution is 2.21. The predicted molar refractivity (Wildman–Crippen MR) is 84.6 cm³/mol. The summed E-state index contributed by atoms with van der Waals surface area (Å²) in [7, 11) is 0. The van der Waals surface area contributed by atoms with Crippen molar-refractivity contribution in [2.75, 3.05) is 6.54 Å². The summed E-state index contributed by atoms with van der Waals surface area (Å²) in [6.45, 7) is 0.500. The first-order valence-corrected chi connectivity index (χ1v) is 7.00. The Kier molecular flexibility index (Phi) is 5.56. The molecule has 21 heavy (non-hydrogen) atoms. The van der Waals surface area contributed by atoms with Crippen LogP contribution in [0, 0.1) is 11.5 Å². The number of hydrogen-bond acceptors (Lipinski definition) is 3. The molecule has 0 amide bonds. The average Bonchev–Trinajstić information content (AvgIpc) is 2.49. The second-order valence-electron chi connectivity index (χ2n) is 4.19. The van der Waals surface area contributed by atoms with Crippen molar-refractivity contribution in [1.82, 2.24) is 10.3 Å². The normalized spacial score (nSPS) is 11.0. The number of hydrogen-bond donors (Lipinski definition) is 1. The Balaban J connectivity index is 2.09. The van der Waals surface area contributed by atoms with E-state index in [1.165, 1.54) is 0 Å². The van der Waals surface area contributed by atoms with Gasteiger partial charge < -0.3 is 0 Å². The smallest absolute Gasteiger partial charge is 0.182 e. The second kappa shape index (κ2) is 7.63. The standard InChI is InChI=1S/C15H12Cl2N4/c16-13-4-3-11(14(17)8-13)5-7-20-15(21-10-18)12-2-1-6-19-9-12/h1-4,6,8-9H,5,7H2,(H,20,21). The Morgan fingerprint density at radius 3 is 2.86 bits per heavy atom. The third-order valence-corrected chi connectivity index (χ3v) is 3.36. The number of aromatic nitrogens is 1. The molecule has 0 atom stereocenters. The molecular weight excluding hydrogens is 307 g/mol. The molecule has 1 aromatic carbocycles. The van der Waals surface area contributed by atoms with Gasteiger partial charge in [-0.15, -0.1) is 0 Å². The lowest BCUT2D eigenvalue weighted by Gasteiger charge is -2.05. The van der Waals surface area contributed by atoms with Crippen molar-refractivity contribution in [3.05, 3.63) is 63.9 Å². The molecule has 4 nitrogen and oxygen atoms in total. The molecule has 0 radical (unpaired) electrons. The van der Waals surface area contributed by atoms with Gasteiger partial charge in [0, 0.05) is 34.5 Å². The van der Waals surface area contributed by atoms with Crippen molar-refractivity contribution >= 4 is 29.0 Å². The average molecular weight is 319 g/mol. The number of rotatable bonds is 4. The molecule has 0 saturated heterocycles. The van der Waals surface area contributed by atoms with Crippen LogP contribution >= 0.6 is 23.2 Å². The quantitative estimate of drug-likeness (QED) is 0.406. The zero-order valence-corrected chi connectivity index (χ0v) is 12.6. The highest BCUT2D eigenvalue weighted by molar-refractivity contribution is 6.35.